The highest BCUT2D eigenvalue weighted by Gasteiger charge is 2.43. The van der Waals surface area contributed by atoms with Crippen molar-refractivity contribution in [3.8, 4) is 0 Å². The second kappa shape index (κ2) is 25.2. The van der Waals surface area contributed by atoms with Gasteiger partial charge in [-0.05, 0) is 62.7 Å². The first-order valence-electron chi connectivity index (χ1n) is 22.2. The second-order valence-corrected chi connectivity index (χ2v) is 18.0. The lowest BCUT2D eigenvalue weighted by atomic mass is 9.98. The van der Waals surface area contributed by atoms with Crippen LogP contribution in [0.25, 0.3) is 0 Å². The van der Waals surface area contributed by atoms with E-state index in [1.807, 2.05) is 13.8 Å². The number of aliphatic carboxylic acids is 1. The summed E-state index contributed by atoms with van der Waals surface area (Å²) in [6.45, 7) is 14.8. The summed E-state index contributed by atoms with van der Waals surface area (Å²) in [4.78, 5) is 134. The van der Waals surface area contributed by atoms with Crippen molar-refractivity contribution < 1.29 is 58.2 Å². The Hall–Kier alpha value is -5.38. The van der Waals surface area contributed by atoms with E-state index in [4.69, 9.17) is 11.5 Å². The van der Waals surface area contributed by atoms with Gasteiger partial charge in [0.15, 0.2) is 0 Å². The summed E-state index contributed by atoms with van der Waals surface area (Å²) in [6.07, 6.45) is -0.147. The van der Waals surface area contributed by atoms with E-state index in [1.54, 1.807) is 41.5 Å². The topological polar surface area (TPSA) is 342 Å². The Morgan fingerprint density at radius 2 is 1.16 bits per heavy atom. The number of hydrogen-bond acceptors (Lipinski definition) is 12. The van der Waals surface area contributed by atoms with Gasteiger partial charge in [0.25, 0.3) is 0 Å². The molecular weight excluding hydrogens is 837 g/mol. The van der Waals surface area contributed by atoms with Crippen molar-refractivity contribution in [2.45, 2.75) is 162 Å². The Labute approximate surface area is 374 Å². The van der Waals surface area contributed by atoms with Crippen LogP contribution in [0.3, 0.4) is 0 Å². The summed E-state index contributed by atoms with van der Waals surface area (Å²) >= 11 is 0. The first-order chi connectivity index (χ1) is 29.8. The van der Waals surface area contributed by atoms with Crippen molar-refractivity contribution in [1.82, 2.24) is 41.7 Å². The Balaban J connectivity index is 2.16. The zero-order valence-corrected chi connectivity index (χ0v) is 38.6. The third kappa shape index (κ3) is 15.7. The summed E-state index contributed by atoms with van der Waals surface area (Å²) in [6, 6.07) is -9.74. The predicted octanol–water partition coefficient (Wildman–Crippen LogP) is -2.42. The molecule has 22 nitrogen and oxygen atoms in total. The number of primary amides is 1. The van der Waals surface area contributed by atoms with Crippen LogP contribution < -0.4 is 43.4 Å². The molecule has 0 aliphatic carbocycles. The number of carbonyl (C=O) groups is 10. The molecule has 0 aromatic carbocycles. The molecule has 2 aliphatic heterocycles. The number of aliphatic hydroxyl groups is 1. The van der Waals surface area contributed by atoms with Gasteiger partial charge in [0.05, 0.1) is 25.1 Å². The normalized spacial score (nSPS) is 20.0. The van der Waals surface area contributed by atoms with Gasteiger partial charge in [0.2, 0.25) is 53.2 Å². The van der Waals surface area contributed by atoms with Crippen LogP contribution in [0, 0.1) is 23.7 Å². The molecule has 0 aromatic rings. The monoisotopic (exact) mass is 909 g/mol. The predicted molar refractivity (Wildman–Crippen MR) is 232 cm³/mol. The molecule has 2 heterocycles. The molecular formula is C42H72N10O12. The standard InChI is InChI=1S/C42H72N10O12/c1-10-23(8)33(42(63)64)49-36(57)26(18-29(44)54)46-40(61)32(22(6)7)48-38(59)28-14-12-16-52(28)41(62)34(24(9)53)50-37(58)27-13-11-15-51(27)30(55)19-45-39(60)31(21(4)5)47-35(56)25(43)17-20(2)3/h20-28,31-34,53H,10-19,43H2,1-9H3,(H2,44,54)(H,45,60)(H,46,61)(H,47,56)(H,48,59)(H,49,57)(H,50,58)(H,63,64)/t23-,24+,25-,26-,27-,28-,31-,32-,33-,34-/m0/s1. The first kappa shape index (κ1) is 54.8. The number of rotatable bonds is 24. The Morgan fingerprint density at radius 3 is 1.64 bits per heavy atom. The molecule has 2 aliphatic rings. The highest BCUT2D eigenvalue weighted by Crippen LogP contribution is 2.22. The summed E-state index contributed by atoms with van der Waals surface area (Å²) < 4.78 is 0. The van der Waals surface area contributed by atoms with Gasteiger partial charge in [0, 0.05) is 13.1 Å². The fourth-order valence-electron chi connectivity index (χ4n) is 7.64. The average molecular weight is 909 g/mol. The number of nitrogens with zero attached hydrogens (tertiary/aromatic N) is 2. The van der Waals surface area contributed by atoms with E-state index in [0.717, 1.165) is 0 Å². The molecule has 64 heavy (non-hydrogen) atoms. The molecule has 2 saturated heterocycles. The smallest absolute Gasteiger partial charge is 0.326 e. The van der Waals surface area contributed by atoms with Crippen LogP contribution in [0.1, 0.15) is 107 Å². The first-order valence-corrected chi connectivity index (χ1v) is 22.2. The minimum atomic E-state index is -1.57. The maximum Gasteiger partial charge on any atom is 0.326 e. The summed E-state index contributed by atoms with van der Waals surface area (Å²) in [5.74, 6) is -9.39. The fraction of sp³-hybridized carbons (Fsp3) is 0.762. The molecule has 0 unspecified atom stereocenters. The van der Waals surface area contributed by atoms with Crippen molar-refractivity contribution in [3.63, 3.8) is 0 Å². The highest BCUT2D eigenvalue weighted by atomic mass is 16.4. The molecule has 2 rings (SSSR count). The second-order valence-electron chi connectivity index (χ2n) is 18.0. The molecule has 0 bridgehead atoms. The van der Waals surface area contributed by atoms with Crippen molar-refractivity contribution >= 4 is 59.1 Å². The zero-order valence-electron chi connectivity index (χ0n) is 38.6. The molecule has 0 saturated carbocycles. The number of nitrogens with two attached hydrogens (primary N) is 2. The quantitative estimate of drug-likeness (QED) is 0.0483. The van der Waals surface area contributed by atoms with Crippen molar-refractivity contribution in [1.29, 1.82) is 0 Å². The maximum absolute atomic E-state index is 14.0. The van der Waals surface area contributed by atoms with Crippen LogP contribution >= 0.6 is 0 Å². The molecule has 362 valence electrons. The number of amides is 9. The van der Waals surface area contributed by atoms with Gasteiger partial charge in [0.1, 0.15) is 42.3 Å². The van der Waals surface area contributed by atoms with E-state index >= 15 is 0 Å². The average Bonchev–Trinajstić information content (AvgIpc) is 3.91. The largest absolute Gasteiger partial charge is 0.480 e. The number of aliphatic hydroxyl groups excluding tert-OH is 1. The number of likely N-dealkylation sites (tertiary alicyclic amines) is 2. The Kier molecular flexibility index (Phi) is 21.6. The third-order valence-electron chi connectivity index (χ3n) is 11.5. The maximum atomic E-state index is 14.0. The molecule has 12 N–H and O–H groups in total. The third-order valence-corrected chi connectivity index (χ3v) is 11.5. The zero-order chi connectivity index (χ0) is 48.7. The lowest BCUT2D eigenvalue weighted by molar-refractivity contribution is -0.146. The molecule has 0 spiro atoms. The van der Waals surface area contributed by atoms with Gasteiger partial charge < -0.3 is 63.4 Å². The van der Waals surface area contributed by atoms with Gasteiger partial charge in [-0.25, -0.2) is 4.79 Å². The van der Waals surface area contributed by atoms with E-state index in [9.17, 15) is 58.2 Å². The van der Waals surface area contributed by atoms with Crippen LogP contribution in [-0.2, 0) is 47.9 Å². The molecule has 0 radical (unpaired) electrons. The summed E-state index contributed by atoms with van der Waals surface area (Å²) in [7, 11) is 0. The van der Waals surface area contributed by atoms with Gasteiger partial charge >= 0.3 is 5.97 Å². The summed E-state index contributed by atoms with van der Waals surface area (Å²) in [5, 5.41) is 35.5. The van der Waals surface area contributed by atoms with Crippen LogP contribution in [0.2, 0.25) is 0 Å². The van der Waals surface area contributed by atoms with E-state index < -0.39 is 138 Å². The number of carboxylic acid groups (broad SMARTS) is 1. The van der Waals surface area contributed by atoms with Gasteiger partial charge in [-0.2, -0.15) is 0 Å². The minimum Gasteiger partial charge on any atom is -0.480 e. The number of hydrogen-bond donors (Lipinski definition) is 10. The van der Waals surface area contributed by atoms with Crippen LogP contribution in [0.15, 0.2) is 0 Å². The van der Waals surface area contributed by atoms with Crippen molar-refractivity contribution in [2.75, 3.05) is 19.6 Å². The summed E-state index contributed by atoms with van der Waals surface area (Å²) in [5.41, 5.74) is 11.3. The Bertz CT molecular complexity index is 1710. The van der Waals surface area contributed by atoms with E-state index in [0.29, 0.717) is 25.7 Å². The van der Waals surface area contributed by atoms with Crippen LogP contribution in [-0.4, -0.2) is 153 Å². The van der Waals surface area contributed by atoms with Crippen LogP contribution in [0.5, 0.6) is 0 Å². The molecule has 2 fully saturated rings. The van der Waals surface area contributed by atoms with Gasteiger partial charge in [-0.1, -0.05) is 61.8 Å². The van der Waals surface area contributed by atoms with Gasteiger partial charge in [-0.3, -0.25) is 43.2 Å². The van der Waals surface area contributed by atoms with Crippen molar-refractivity contribution in [3.05, 3.63) is 0 Å². The number of nitrogens with one attached hydrogen (secondary N) is 6. The van der Waals surface area contributed by atoms with Gasteiger partial charge in [-0.15, -0.1) is 0 Å². The fourth-order valence-corrected chi connectivity index (χ4v) is 7.64. The highest BCUT2D eigenvalue weighted by molar-refractivity contribution is 5.99. The molecule has 0 aromatic heterocycles. The van der Waals surface area contributed by atoms with E-state index in [1.165, 1.54) is 16.7 Å². The molecule has 22 heteroatoms. The van der Waals surface area contributed by atoms with Crippen LogP contribution in [0.4, 0.5) is 0 Å². The van der Waals surface area contributed by atoms with Crippen molar-refractivity contribution in [2.24, 2.45) is 35.1 Å². The lowest BCUT2D eigenvalue weighted by Crippen LogP contribution is -2.61. The van der Waals surface area contributed by atoms with E-state index in [-0.39, 0.29) is 37.8 Å². The number of carboxylic acids is 1. The molecule has 9 amide bonds. The Morgan fingerprint density at radius 1 is 0.656 bits per heavy atom. The van der Waals surface area contributed by atoms with E-state index in [2.05, 4.69) is 31.9 Å². The number of carbonyl (C=O) groups excluding carboxylic acids is 9. The minimum absolute atomic E-state index is 0.0611. The molecule has 10 atom stereocenters. The lowest BCUT2D eigenvalue weighted by Gasteiger charge is -2.33. The SMILES string of the molecule is CC[C@H](C)[C@H](NC(=O)[C@H](CC(N)=O)NC(=O)[C@@H](NC(=O)[C@@H]1CCCN1C(=O)[C@@H](NC(=O)[C@@H]1CCCN1C(=O)CNC(=O)[C@@H](NC(=O)[C@@H](N)CC(C)C)C(C)C)[C@@H](C)O)C(C)C)C(=O)O.